The summed E-state index contributed by atoms with van der Waals surface area (Å²) in [6, 6.07) is 14.5. The normalized spacial score (nSPS) is 16.2. The van der Waals surface area contributed by atoms with Crippen LogP contribution in [0.15, 0.2) is 61.1 Å². The van der Waals surface area contributed by atoms with E-state index >= 15 is 0 Å². The quantitative estimate of drug-likeness (QED) is 0.365. The maximum atomic E-state index is 12.1. The minimum atomic E-state index is -3.44. The topological polar surface area (TPSA) is 108 Å². The summed E-state index contributed by atoms with van der Waals surface area (Å²) in [6.45, 7) is 5.65. The highest BCUT2D eigenvalue weighted by Crippen LogP contribution is 2.25. The minimum absolute atomic E-state index is 0.397. The van der Waals surface area contributed by atoms with E-state index < -0.39 is 10.0 Å². The molecule has 3 aromatic heterocycles. The average Bonchev–Trinajstić information content (AvgIpc) is 3.30. The number of pyridine rings is 1. The van der Waals surface area contributed by atoms with Crippen molar-refractivity contribution < 1.29 is 8.42 Å². The Morgan fingerprint density at radius 2 is 1.97 bits per heavy atom. The molecule has 0 aliphatic carbocycles. The second-order valence-electron chi connectivity index (χ2n) is 9.26. The standard InChI is InChI=1S/C26H32N8O2S/c1-4-22-17-27-13-15-34(22)23-9-7-21(8-10-23)30-26-29-16-19-11-14-33(25(19)31-26)18-20-6-5-12-28-24(20)32(2)37(3,35)36/h5-12,14,16,22,27H,4,13,15,17-18H2,1-3H3,(H,29,30,31)/t22-/m0/s1. The molecule has 1 aliphatic rings. The second kappa shape index (κ2) is 10.3. The third kappa shape index (κ3) is 5.37. The molecule has 11 heteroatoms. The van der Waals surface area contributed by atoms with Gasteiger partial charge < -0.3 is 20.1 Å². The molecule has 4 heterocycles. The molecule has 0 bridgehead atoms. The lowest BCUT2D eigenvalue weighted by Crippen LogP contribution is -2.51. The Balaban J connectivity index is 1.36. The van der Waals surface area contributed by atoms with E-state index in [-0.39, 0.29) is 0 Å². The summed E-state index contributed by atoms with van der Waals surface area (Å²) in [5.74, 6) is 0.891. The molecule has 0 saturated carbocycles. The summed E-state index contributed by atoms with van der Waals surface area (Å²) >= 11 is 0. The third-order valence-corrected chi connectivity index (χ3v) is 7.95. The summed E-state index contributed by atoms with van der Waals surface area (Å²) in [7, 11) is -1.93. The largest absolute Gasteiger partial charge is 0.366 e. The first kappa shape index (κ1) is 25.0. The zero-order valence-electron chi connectivity index (χ0n) is 21.3. The average molecular weight is 521 g/mol. The van der Waals surface area contributed by atoms with Gasteiger partial charge in [-0.15, -0.1) is 0 Å². The molecule has 37 heavy (non-hydrogen) atoms. The molecule has 1 fully saturated rings. The summed E-state index contributed by atoms with van der Waals surface area (Å²) in [6.07, 6.45) is 7.57. The van der Waals surface area contributed by atoms with Gasteiger partial charge in [-0.05, 0) is 42.8 Å². The zero-order chi connectivity index (χ0) is 26.0. The van der Waals surface area contributed by atoms with Gasteiger partial charge in [-0.3, -0.25) is 4.31 Å². The third-order valence-electron chi connectivity index (χ3n) is 6.78. The van der Waals surface area contributed by atoms with E-state index in [1.54, 1.807) is 18.5 Å². The van der Waals surface area contributed by atoms with Gasteiger partial charge in [-0.25, -0.2) is 18.4 Å². The molecule has 1 atom stereocenters. The van der Waals surface area contributed by atoms with Crippen LogP contribution >= 0.6 is 0 Å². The lowest BCUT2D eigenvalue weighted by Gasteiger charge is -2.37. The number of hydrogen-bond donors (Lipinski definition) is 2. The number of aromatic nitrogens is 4. The highest BCUT2D eigenvalue weighted by Gasteiger charge is 2.21. The van der Waals surface area contributed by atoms with Crippen LogP contribution < -0.4 is 19.8 Å². The van der Waals surface area contributed by atoms with E-state index in [0.717, 1.165) is 48.3 Å². The predicted molar refractivity (Wildman–Crippen MR) is 148 cm³/mol. The first-order chi connectivity index (χ1) is 17.8. The van der Waals surface area contributed by atoms with Crippen LogP contribution in [0.2, 0.25) is 0 Å². The van der Waals surface area contributed by atoms with E-state index in [2.05, 4.69) is 56.7 Å². The molecule has 10 nitrogen and oxygen atoms in total. The van der Waals surface area contributed by atoms with Gasteiger partial charge in [0.2, 0.25) is 16.0 Å². The molecule has 0 radical (unpaired) electrons. The summed E-state index contributed by atoms with van der Waals surface area (Å²) in [5, 5.41) is 7.68. The molecule has 4 aromatic rings. The second-order valence-corrected chi connectivity index (χ2v) is 11.3. The fraction of sp³-hybridized carbons (Fsp3) is 0.346. The van der Waals surface area contributed by atoms with E-state index in [4.69, 9.17) is 4.98 Å². The Morgan fingerprint density at radius 1 is 1.16 bits per heavy atom. The van der Waals surface area contributed by atoms with Crippen LogP contribution in [0.1, 0.15) is 18.9 Å². The fourth-order valence-corrected chi connectivity index (χ4v) is 5.15. The first-order valence-corrected chi connectivity index (χ1v) is 14.2. The van der Waals surface area contributed by atoms with E-state index in [1.807, 2.05) is 22.9 Å². The molecule has 5 rings (SSSR count). The maximum Gasteiger partial charge on any atom is 0.233 e. The number of hydrogen-bond acceptors (Lipinski definition) is 8. The maximum absolute atomic E-state index is 12.1. The Morgan fingerprint density at radius 3 is 2.73 bits per heavy atom. The van der Waals surface area contributed by atoms with Crippen LogP contribution in [0.3, 0.4) is 0 Å². The number of anilines is 4. The molecule has 2 N–H and O–H groups in total. The SMILES string of the molecule is CC[C@H]1CNCCN1c1ccc(Nc2ncc3ccn(Cc4cccnc4N(C)S(C)(=O)=O)c3n2)cc1. The Kier molecular flexibility index (Phi) is 6.98. The predicted octanol–water partition coefficient (Wildman–Crippen LogP) is 3.20. The van der Waals surface area contributed by atoms with Gasteiger partial charge in [0.25, 0.3) is 0 Å². The Labute approximate surface area is 217 Å². The molecule has 1 aliphatic heterocycles. The van der Waals surface area contributed by atoms with Crippen LogP contribution in [-0.4, -0.2) is 66.9 Å². The lowest BCUT2D eigenvalue weighted by atomic mass is 10.1. The molecule has 1 aromatic carbocycles. The first-order valence-electron chi connectivity index (χ1n) is 12.4. The van der Waals surface area contributed by atoms with E-state index in [0.29, 0.717) is 24.4 Å². The molecule has 0 amide bonds. The smallest absolute Gasteiger partial charge is 0.233 e. The van der Waals surface area contributed by atoms with Crippen molar-refractivity contribution in [3.8, 4) is 0 Å². The number of piperazine rings is 1. The van der Waals surface area contributed by atoms with Crippen molar-refractivity contribution in [1.82, 2.24) is 24.8 Å². The summed E-state index contributed by atoms with van der Waals surface area (Å²) in [5.41, 5.74) is 3.65. The van der Waals surface area contributed by atoms with Crippen LogP contribution in [0.4, 0.5) is 23.1 Å². The molecular formula is C26H32N8O2S. The number of nitrogens with zero attached hydrogens (tertiary/aromatic N) is 6. The molecular weight excluding hydrogens is 488 g/mol. The van der Waals surface area contributed by atoms with Gasteiger partial charge in [0.1, 0.15) is 11.5 Å². The number of rotatable bonds is 8. The van der Waals surface area contributed by atoms with Crippen molar-refractivity contribution in [3.63, 3.8) is 0 Å². The van der Waals surface area contributed by atoms with Crippen LogP contribution in [-0.2, 0) is 16.6 Å². The molecule has 0 unspecified atom stereocenters. The van der Waals surface area contributed by atoms with Crippen molar-refractivity contribution in [2.24, 2.45) is 0 Å². The molecule has 194 valence electrons. The molecule has 0 spiro atoms. The van der Waals surface area contributed by atoms with Crippen molar-refractivity contribution in [2.75, 3.05) is 47.5 Å². The van der Waals surface area contributed by atoms with Gasteiger partial charge in [0.05, 0.1) is 12.8 Å². The van der Waals surface area contributed by atoms with Gasteiger partial charge >= 0.3 is 0 Å². The van der Waals surface area contributed by atoms with Crippen molar-refractivity contribution in [3.05, 3.63) is 66.6 Å². The van der Waals surface area contributed by atoms with Crippen molar-refractivity contribution in [2.45, 2.75) is 25.9 Å². The Bertz CT molecular complexity index is 1490. The van der Waals surface area contributed by atoms with Crippen LogP contribution in [0.25, 0.3) is 11.0 Å². The number of fused-ring (bicyclic) bond motifs is 1. The summed E-state index contributed by atoms with van der Waals surface area (Å²) in [4.78, 5) is 16.0. The Hall–Kier alpha value is -3.70. The van der Waals surface area contributed by atoms with E-state index in [9.17, 15) is 8.42 Å². The zero-order valence-corrected chi connectivity index (χ0v) is 22.1. The van der Waals surface area contributed by atoms with Gasteiger partial charge in [-0.2, -0.15) is 4.98 Å². The number of benzene rings is 1. The number of sulfonamides is 1. The van der Waals surface area contributed by atoms with Crippen LogP contribution in [0, 0.1) is 0 Å². The fourth-order valence-electron chi connectivity index (χ4n) is 4.67. The lowest BCUT2D eigenvalue weighted by molar-refractivity contribution is 0.466. The highest BCUT2D eigenvalue weighted by atomic mass is 32.2. The van der Waals surface area contributed by atoms with Gasteiger partial charge in [0, 0.05) is 73.6 Å². The van der Waals surface area contributed by atoms with Crippen LogP contribution in [0.5, 0.6) is 0 Å². The van der Waals surface area contributed by atoms with E-state index in [1.165, 1.54) is 23.3 Å². The number of nitrogens with one attached hydrogen (secondary N) is 2. The van der Waals surface area contributed by atoms with Crippen molar-refractivity contribution >= 4 is 44.2 Å². The summed E-state index contributed by atoms with van der Waals surface area (Å²) < 4.78 is 27.4. The van der Waals surface area contributed by atoms with Crippen molar-refractivity contribution in [1.29, 1.82) is 0 Å². The molecule has 1 saturated heterocycles. The monoisotopic (exact) mass is 520 g/mol. The van der Waals surface area contributed by atoms with Gasteiger partial charge in [0.15, 0.2) is 0 Å². The van der Waals surface area contributed by atoms with Gasteiger partial charge in [-0.1, -0.05) is 13.0 Å². The highest BCUT2D eigenvalue weighted by molar-refractivity contribution is 7.92. The minimum Gasteiger partial charge on any atom is -0.366 e.